The number of ether oxygens (including phenoxy) is 1. The number of aryl methyl sites for hydroxylation is 1. The van der Waals surface area contributed by atoms with Crippen LogP contribution < -0.4 is 4.74 Å². The predicted octanol–water partition coefficient (Wildman–Crippen LogP) is 3.31. The van der Waals surface area contributed by atoms with Crippen molar-refractivity contribution < 1.29 is 9.84 Å². The summed E-state index contributed by atoms with van der Waals surface area (Å²) in [6.07, 6.45) is -0.485. The molecule has 0 bridgehead atoms. The summed E-state index contributed by atoms with van der Waals surface area (Å²) >= 11 is 0. The monoisotopic (exact) mass is 288 g/mol. The molecule has 114 valence electrons. The number of aromatic nitrogens is 2. The molecule has 2 aromatic rings. The van der Waals surface area contributed by atoms with Gasteiger partial charge in [0.15, 0.2) is 0 Å². The molecule has 0 fully saturated rings. The highest BCUT2D eigenvalue weighted by molar-refractivity contribution is 5.38. The summed E-state index contributed by atoms with van der Waals surface area (Å²) in [4.78, 5) is 0. The Kier molecular flexibility index (Phi) is 4.68. The molecule has 4 heteroatoms. The molecule has 0 aliphatic heterocycles. The molecular weight excluding hydrogens is 264 g/mol. The van der Waals surface area contributed by atoms with E-state index < -0.39 is 6.10 Å². The van der Waals surface area contributed by atoms with Gasteiger partial charge in [-0.3, -0.25) is 4.68 Å². The number of aliphatic hydroxyl groups excluding tert-OH is 1. The van der Waals surface area contributed by atoms with Crippen LogP contribution in [0.3, 0.4) is 0 Å². The van der Waals surface area contributed by atoms with Gasteiger partial charge >= 0.3 is 0 Å². The highest BCUT2D eigenvalue weighted by Crippen LogP contribution is 2.25. The van der Waals surface area contributed by atoms with E-state index in [9.17, 15) is 5.11 Å². The van der Waals surface area contributed by atoms with Crippen LogP contribution in [-0.4, -0.2) is 21.5 Å². The first kappa shape index (κ1) is 15.6. The van der Waals surface area contributed by atoms with Crippen LogP contribution in [0.1, 0.15) is 48.0 Å². The average molecular weight is 288 g/mol. The van der Waals surface area contributed by atoms with Crippen molar-refractivity contribution in [2.24, 2.45) is 0 Å². The van der Waals surface area contributed by atoms with Crippen molar-refractivity contribution >= 4 is 0 Å². The molecule has 0 aliphatic carbocycles. The number of hydrogen-bond acceptors (Lipinski definition) is 3. The summed E-state index contributed by atoms with van der Waals surface area (Å²) in [5.41, 5.74) is 5.38. The van der Waals surface area contributed by atoms with Crippen molar-refractivity contribution in [2.75, 3.05) is 6.61 Å². The minimum Gasteiger partial charge on any atom is -0.494 e. The van der Waals surface area contributed by atoms with Gasteiger partial charge < -0.3 is 9.84 Å². The Morgan fingerprint density at radius 2 is 2.00 bits per heavy atom. The Hall–Kier alpha value is -1.81. The maximum Gasteiger partial charge on any atom is 0.124 e. The van der Waals surface area contributed by atoms with Gasteiger partial charge in [0.05, 0.1) is 24.9 Å². The van der Waals surface area contributed by atoms with Gasteiger partial charge in [-0.1, -0.05) is 6.07 Å². The minimum absolute atomic E-state index is 0.485. The van der Waals surface area contributed by atoms with Gasteiger partial charge in [0.25, 0.3) is 0 Å². The molecule has 1 aromatic heterocycles. The van der Waals surface area contributed by atoms with Crippen molar-refractivity contribution in [1.82, 2.24) is 9.78 Å². The fraction of sp³-hybridized carbons (Fsp3) is 0.471. The van der Waals surface area contributed by atoms with Gasteiger partial charge in [-0.05, 0) is 57.9 Å². The van der Waals surface area contributed by atoms with Crippen LogP contribution in [0, 0.1) is 20.8 Å². The van der Waals surface area contributed by atoms with Crippen LogP contribution in [0.5, 0.6) is 5.75 Å². The molecule has 0 amide bonds. The molecule has 21 heavy (non-hydrogen) atoms. The first-order valence-electron chi connectivity index (χ1n) is 7.38. The molecule has 2 rings (SSSR count). The van der Waals surface area contributed by atoms with E-state index in [2.05, 4.69) is 18.9 Å². The second-order valence-corrected chi connectivity index (χ2v) is 5.43. The third kappa shape index (κ3) is 3.27. The number of rotatable bonds is 5. The van der Waals surface area contributed by atoms with Crippen molar-refractivity contribution in [1.29, 1.82) is 0 Å². The fourth-order valence-corrected chi connectivity index (χ4v) is 2.38. The van der Waals surface area contributed by atoms with E-state index in [0.29, 0.717) is 13.2 Å². The lowest BCUT2D eigenvalue weighted by Crippen LogP contribution is -2.07. The maximum atomic E-state index is 9.77. The smallest absolute Gasteiger partial charge is 0.124 e. The largest absolute Gasteiger partial charge is 0.494 e. The number of nitrogens with zero attached hydrogens (tertiary/aromatic N) is 2. The van der Waals surface area contributed by atoms with Crippen molar-refractivity contribution in [3.05, 3.63) is 46.3 Å². The Morgan fingerprint density at radius 1 is 1.29 bits per heavy atom. The Balaban J connectivity index is 2.40. The van der Waals surface area contributed by atoms with Gasteiger partial charge in [-0.25, -0.2) is 0 Å². The fourth-order valence-electron chi connectivity index (χ4n) is 2.38. The number of benzene rings is 1. The normalized spacial score (nSPS) is 12.5. The van der Waals surface area contributed by atoms with Crippen LogP contribution in [0.4, 0.5) is 0 Å². The molecule has 1 aromatic carbocycles. The van der Waals surface area contributed by atoms with Crippen LogP contribution in [0.2, 0.25) is 0 Å². The summed E-state index contributed by atoms with van der Waals surface area (Å²) < 4.78 is 7.69. The molecule has 0 radical (unpaired) electrons. The standard InChI is InChI=1S/C17H24N2O2/c1-6-21-17-8-7-15(14(5)20)9-16(17)10-19-13(4)11(2)12(3)18-19/h7-9,14,20H,6,10H2,1-5H3. The molecule has 0 saturated carbocycles. The van der Waals surface area contributed by atoms with E-state index in [1.54, 1.807) is 6.92 Å². The Morgan fingerprint density at radius 3 is 2.52 bits per heavy atom. The highest BCUT2D eigenvalue weighted by atomic mass is 16.5. The number of hydrogen-bond donors (Lipinski definition) is 1. The SMILES string of the molecule is CCOc1ccc(C(C)O)cc1Cn1nc(C)c(C)c1C. The minimum atomic E-state index is -0.485. The van der Waals surface area contributed by atoms with Crippen LogP contribution in [0.25, 0.3) is 0 Å². The van der Waals surface area contributed by atoms with E-state index >= 15 is 0 Å². The van der Waals surface area contributed by atoms with Crippen LogP contribution >= 0.6 is 0 Å². The molecule has 0 saturated heterocycles. The molecule has 1 heterocycles. The summed E-state index contributed by atoms with van der Waals surface area (Å²) in [7, 11) is 0. The average Bonchev–Trinajstić information content (AvgIpc) is 2.68. The second kappa shape index (κ2) is 6.31. The first-order valence-corrected chi connectivity index (χ1v) is 7.38. The molecular formula is C17H24N2O2. The number of aliphatic hydroxyl groups is 1. The van der Waals surface area contributed by atoms with Crippen molar-refractivity contribution in [2.45, 2.75) is 47.3 Å². The molecule has 4 nitrogen and oxygen atoms in total. The van der Waals surface area contributed by atoms with Crippen LogP contribution in [-0.2, 0) is 6.54 Å². The summed E-state index contributed by atoms with van der Waals surface area (Å²) in [6, 6.07) is 5.84. The topological polar surface area (TPSA) is 47.3 Å². The van der Waals surface area contributed by atoms with Gasteiger partial charge in [0, 0.05) is 11.3 Å². The molecule has 0 aliphatic rings. The molecule has 0 spiro atoms. The Bertz CT molecular complexity index is 630. The van der Waals surface area contributed by atoms with Crippen molar-refractivity contribution in [3.63, 3.8) is 0 Å². The summed E-state index contributed by atoms with van der Waals surface area (Å²) in [5.74, 6) is 0.854. The van der Waals surface area contributed by atoms with Gasteiger partial charge in [0.1, 0.15) is 5.75 Å². The quantitative estimate of drug-likeness (QED) is 0.918. The molecule has 1 unspecified atom stereocenters. The van der Waals surface area contributed by atoms with Gasteiger partial charge in [-0.15, -0.1) is 0 Å². The predicted molar refractivity (Wildman–Crippen MR) is 83.8 cm³/mol. The van der Waals surface area contributed by atoms with Crippen LogP contribution in [0.15, 0.2) is 18.2 Å². The van der Waals surface area contributed by atoms with E-state index in [1.807, 2.05) is 36.7 Å². The lowest BCUT2D eigenvalue weighted by Gasteiger charge is -2.14. The Labute approximate surface area is 126 Å². The van der Waals surface area contributed by atoms with E-state index in [0.717, 1.165) is 28.3 Å². The summed E-state index contributed by atoms with van der Waals surface area (Å²) in [6.45, 7) is 11.2. The first-order chi connectivity index (χ1) is 9.93. The highest BCUT2D eigenvalue weighted by Gasteiger charge is 2.12. The van der Waals surface area contributed by atoms with E-state index in [1.165, 1.54) is 5.56 Å². The molecule has 1 atom stereocenters. The second-order valence-electron chi connectivity index (χ2n) is 5.43. The third-order valence-electron chi connectivity index (χ3n) is 3.93. The zero-order valence-electron chi connectivity index (χ0n) is 13.5. The summed E-state index contributed by atoms with van der Waals surface area (Å²) in [5, 5.41) is 14.4. The van der Waals surface area contributed by atoms with Gasteiger partial charge in [-0.2, -0.15) is 5.10 Å². The zero-order chi connectivity index (χ0) is 15.6. The molecule has 1 N–H and O–H groups in total. The van der Waals surface area contributed by atoms with E-state index in [-0.39, 0.29) is 0 Å². The lowest BCUT2D eigenvalue weighted by atomic mass is 10.1. The lowest BCUT2D eigenvalue weighted by molar-refractivity contribution is 0.199. The van der Waals surface area contributed by atoms with Crippen molar-refractivity contribution in [3.8, 4) is 5.75 Å². The third-order valence-corrected chi connectivity index (χ3v) is 3.93. The van der Waals surface area contributed by atoms with Gasteiger partial charge in [0.2, 0.25) is 0 Å². The maximum absolute atomic E-state index is 9.77. The zero-order valence-corrected chi connectivity index (χ0v) is 13.5. The van der Waals surface area contributed by atoms with E-state index in [4.69, 9.17) is 4.74 Å².